The fourth-order valence-corrected chi connectivity index (χ4v) is 3.67. The summed E-state index contributed by atoms with van der Waals surface area (Å²) in [4.78, 5) is 6.77. The molecule has 25 heavy (non-hydrogen) atoms. The average Bonchev–Trinajstić information content (AvgIpc) is 3.22. The lowest BCUT2D eigenvalue weighted by molar-refractivity contribution is 0.574. The Kier molecular flexibility index (Phi) is 6.74. The van der Waals surface area contributed by atoms with Gasteiger partial charge in [-0.3, -0.25) is 0 Å². The smallest absolute Gasteiger partial charge is 0.298 e. The van der Waals surface area contributed by atoms with Crippen LogP contribution in [-0.2, 0) is 6.42 Å². The van der Waals surface area contributed by atoms with Gasteiger partial charge in [0.1, 0.15) is 5.52 Å². The molecule has 2 aromatic rings. The lowest BCUT2D eigenvalue weighted by Gasteiger charge is -2.11. The molecule has 1 fully saturated rings. The third-order valence-corrected chi connectivity index (χ3v) is 5.26. The van der Waals surface area contributed by atoms with Gasteiger partial charge in [0.15, 0.2) is 5.58 Å². The molecule has 1 saturated heterocycles. The first-order valence-electron chi connectivity index (χ1n) is 10.2. The van der Waals surface area contributed by atoms with Crippen molar-refractivity contribution in [3.8, 4) is 0 Å². The van der Waals surface area contributed by atoms with Gasteiger partial charge in [-0.2, -0.15) is 4.98 Å². The molecule has 4 heteroatoms. The maximum absolute atomic E-state index is 5.98. The van der Waals surface area contributed by atoms with Crippen molar-refractivity contribution >= 4 is 17.1 Å². The topological polar surface area (TPSA) is 55.3 Å². The molecule has 1 aromatic carbocycles. The first-order valence-corrected chi connectivity index (χ1v) is 10.2. The predicted molar refractivity (Wildman–Crippen MR) is 105 cm³/mol. The SMILES string of the molecule is CCCCCCCCCCc1ccc2nc(N3CC[C@H](N)C3)oc2c1. The fraction of sp³-hybridized carbons (Fsp3) is 0.667. The van der Waals surface area contributed by atoms with E-state index < -0.39 is 0 Å². The molecule has 3 rings (SSSR count). The molecule has 4 nitrogen and oxygen atoms in total. The molecule has 0 bridgehead atoms. The van der Waals surface area contributed by atoms with Gasteiger partial charge in [0.05, 0.1) is 0 Å². The lowest BCUT2D eigenvalue weighted by atomic mass is 10.0. The summed E-state index contributed by atoms with van der Waals surface area (Å²) < 4.78 is 5.98. The zero-order chi connectivity index (χ0) is 17.5. The van der Waals surface area contributed by atoms with Crippen molar-refractivity contribution in [1.29, 1.82) is 0 Å². The number of fused-ring (bicyclic) bond motifs is 1. The van der Waals surface area contributed by atoms with Gasteiger partial charge >= 0.3 is 0 Å². The van der Waals surface area contributed by atoms with Crippen molar-refractivity contribution in [3.63, 3.8) is 0 Å². The third-order valence-electron chi connectivity index (χ3n) is 5.26. The van der Waals surface area contributed by atoms with Crippen LogP contribution in [0.2, 0.25) is 0 Å². The van der Waals surface area contributed by atoms with Crippen LogP contribution in [0.1, 0.15) is 70.3 Å². The molecular formula is C21H33N3O. The van der Waals surface area contributed by atoms with E-state index in [2.05, 4.69) is 35.0 Å². The molecule has 0 aliphatic carbocycles. The number of hydrogen-bond donors (Lipinski definition) is 1. The second kappa shape index (κ2) is 9.23. The monoisotopic (exact) mass is 343 g/mol. The van der Waals surface area contributed by atoms with Crippen molar-refractivity contribution in [2.24, 2.45) is 5.73 Å². The van der Waals surface area contributed by atoms with Gasteiger partial charge < -0.3 is 15.1 Å². The van der Waals surface area contributed by atoms with Gasteiger partial charge in [0, 0.05) is 19.1 Å². The number of anilines is 1. The van der Waals surface area contributed by atoms with E-state index in [0.29, 0.717) is 0 Å². The van der Waals surface area contributed by atoms with E-state index in [1.54, 1.807) is 0 Å². The van der Waals surface area contributed by atoms with E-state index in [4.69, 9.17) is 10.2 Å². The minimum absolute atomic E-state index is 0.243. The number of nitrogens with two attached hydrogens (primary N) is 1. The molecule has 2 heterocycles. The molecular weight excluding hydrogens is 310 g/mol. The lowest BCUT2D eigenvalue weighted by Crippen LogP contribution is -2.26. The summed E-state index contributed by atoms with van der Waals surface area (Å²) in [6, 6.07) is 7.44. The Morgan fingerprint density at radius 2 is 1.88 bits per heavy atom. The Morgan fingerprint density at radius 1 is 1.12 bits per heavy atom. The molecule has 0 spiro atoms. The minimum atomic E-state index is 0.243. The van der Waals surface area contributed by atoms with Crippen LogP contribution in [0.25, 0.3) is 11.1 Å². The molecule has 1 aliphatic rings. The molecule has 138 valence electrons. The summed E-state index contributed by atoms with van der Waals surface area (Å²) in [6.45, 7) is 4.06. The number of aryl methyl sites for hydroxylation is 1. The zero-order valence-corrected chi connectivity index (χ0v) is 15.7. The Hall–Kier alpha value is -1.55. The highest BCUT2D eigenvalue weighted by Crippen LogP contribution is 2.26. The number of hydrogen-bond acceptors (Lipinski definition) is 4. The van der Waals surface area contributed by atoms with E-state index >= 15 is 0 Å². The molecule has 0 radical (unpaired) electrons. The van der Waals surface area contributed by atoms with Crippen LogP contribution in [0.15, 0.2) is 22.6 Å². The molecule has 2 N–H and O–H groups in total. The summed E-state index contributed by atoms with van der Waals surface area (Å²) in [5.74, 6) is 0. The van der Waals surface area contributed by atoms with Gasteiger partial charge in [-0.15, -0.1) is 0 Å². The van der Waals surface area contributed by atoms with Crippen LogP contribution in [0.4, 0.5) is 6.01 Å². The van der Waals surface area contributed by atoms with Gasteiger partial charge in [0.2, 0.25) is 0 Å². The Labute approximate surface area is 151 Å². The molecule has 0 amide bonds. The number of nitrogens with zero attached hydrogens (tertiary/aromatic N) is 2. The predicted octanol–water partition coefficient (Wildman–Crippen LogP) is 5.05. The first kappa shape index (κ1) is 18.2. The Balaban J connectivity index is 1.45. The summed E-state index contributed by atoms with van der Waals surface area (Å²) in [5.41, 5.74) is 9.21. The zero-order valence-electron chi connectivity index (χ0n) is 15.7. The number of benzene rings is 1. The highest BCUT2D eigenvalue weighted by atomic mass is 16.4. The Morgan fingerprint density at radius 3 is 2.60 bits per heavy atom. The summed E-state index contributed by atoms with van der Waals surface area (Å²) >= 11 is 0. The molecule has 1 atom stereocenters. The van der Waals surface area contributed by atoms with Crippen LogP contribution in [0.5, 0.6) is 0 Å². The average molecular weight is 344 g/mol. The number of unbranched alkanes of at least 4 members (excludes halogenated alkanes) is 7. The van der Waals surface area contributed by atoms with Crippen LogP contribution >= 0.6 is 0 Å². The minimum Gasteiger partial charge on any atom is -0.423 e. The fourth-order valence-electron chi connectivity index (χ4n) is 3.67. The van der Waals surface area contributed by atoms with Crippen molar-refractivity contribution < 1.29 is 4.42 Å². The van der Waals surface area contributed by atoms with Gasteiger partial charge in [0.25, 0.3) is 6.01 Å². The van der Waals surface area contributed by atoms with E-state index in [-0.39, 0.29) is 6.04 Å². The maximum Gasteiger partial charge on any atom is 0.298 e. The first-order chi connectivity index (χ1) is 12.3. The van der Waals surface area contributed by atoms with Crippen LogP contribution in [0.3, 0.4) is 0 Å². The molecule has 1 aromatic heterocycles. The van der Waals surface area contributed by atoms with Gasteiger partial charge in [-0.1, -0.05) is 57.9 Å². The quantitative estimate of drug-likeness (QED) is 0.613. The molecule has 0 saturated carbocycles. The second-order valence-corrected chi connectivity index (χ2v) is 7.52. The van der Waals surface area contributed by atoms with Crippen molar-refractivity contribution in [3.05, 3.63) is 23.8 Å². The van der Waals surface area contributed by atoms with Crippen LogP contribution in [-0.4, -0.2) is 24.1 Å². The van der Waals surface area contributed by atoms with E-state index in [1.807, 2.05) is 0 Å². The summed E-state index contributed by atoms with van der Waals surface area (Å²) in [6.07, 6.45) is 13.0. The summed E-state index contributed by atoms with van der Waals surface area (Å²) in [5, 5.41) is 0. The van der Waals surface area contributed by atoms with Gasteiger partial charge in [-0.25, -0.2) is 0 Å². The van der Waals surface area contributed by atoms with Crippen molar-refractivity contribution in [1.82, 2.24) is 4.98 Å². The maximum atomic E-state index is 5.98. The van der Waals surface area contributed by atoms with Crippen molar-refractivity contribution in [2.45, 2.75) is 77.2 Å². The highest BCUT2D eigenvalue weighted by Gasteiger charge is 2.23. The standard InChI is InChI=1S/C21H33N3O/c1-2-3-4-5-6-7-8-9-10-17-11-12-19-20(15-17)25-21(23-19)24-14-13-18(22)16-24/h11-12,15,18H,2-10,13-14,16,22H2,1H3/t18-/m0/s1. The normalized spacial score (nSPS) is 17.7. The number of oxazole rings is 1. The molecule has 1 aliphatic heterocycles. The number of rotatable bonds is 10. The summed E-state index contributed by atoms with van der Waals surface area (Å²) in [7, 11) is 0. The largest absolute Gasteiger partial charge is 0.423 e. The van der Waals surface area contributed by atoms with Crippen LogP contribution < -0.4 is 10.6 Å². The third kappa shape index (κ3) is 5.21. The van der Waals surface area contributed by atoms with E-state index in [9.17, 15) is 0 Å². The van der Waals surface area contributed by atoms with Crippen LogP contribution in [0, 0.1) is 0 Å². The molecule has 0 unspecified atom stereocenters. The Bertz CT molecular complexity index is 652. The second-order valence-electron chi connectivity index (χ2n) is 7.52. The van der Waals surface area contributed by atoms with E-state index in [0.717, 1.165) is 43.0 Å². The van der Waals surface area contributed by atoms with Gasteiger partial charge in [-0.05, 0) is 37.0 Å². The highest BCUT2D eigenvalue weighted by molar-refractivity contribution is 5.75. The number of aromatic nitrogens is 1. The van der Waals surface area contributed by atoms with Crippen molar-refractivity contribution in [2.75, 3.05) is 18.0 Å². The van der Waals surface area contributed by atoms with E-state index in [1.165, 1.54) is 56.9 Å².